The van der Waals surface area contributed by atoms with Crippen LogP contribution in [0.3, 0.4) is 0 Å². The predicted molar refractivity (Wildman–Crippen MR) is 77.8 cm³/mol. The normalized spacial score (nSPS) is 21.2. The molecule has 2 amide bonds. The summed E-state index contributed by atoms with van der Waals surface area (Å²) in [6.07, 6.45) is 4.22. The average Bonchev–Trinajstić information content (AvgIpc) is 2.42. The molecule has 1 saturated heterocycles. The molecule has 1 rings (SSSR count). The van der Waals surface area contributed by atoms with Crippen molar-refractivity contribution in [3.8, 4) is 0 Å². The standard InChI is InChI=1S/C14H27N3O3/c1-4-11(2)17(10-13(18)19)14(20)15-9-12-7-5-6-8-16(12)3/h11-12H,4-10H2,1-3H3,(H,15,20)(H,18,19). The largest absolute Gasteiger partial charge is 0.480 e. The van der Waals surface area contributed by atoms with Gasteiger partial charge in [-0.3, -0.25) is 4.79 Å². The van der Waals surface area contributed by atoms with Crippen LogP contribution in [0.15, 0.2) is 0 Å². The van der Waals surface area contributed by atoms with Crippen LogP contribution in [0.25, 0.3) is 0 Å². The van der Waals surface area contributed by atoms with Gasteiger partial charge in [-0.25, -0.2) is 4.79 Å². The fourth-order valence-electron chi connectivity index (χ4n) is 2.50. The molecule has 0 aromatic heterocycles. The molecule has 2 unspecified atom stereocenters. The van der Waals surface area contributed by atoms with Gasteiger partial charge in [0.15, 0.2) is 0 Å². The van der Waals surface area contributed by atoms with E-state index in [2.05, 4.69) is 17.3 Å². The van der Waals surface area contributed by atoms with Crippen LogP contribution in [0.5, 0.6) is 0 Å². The van der Waals surface area contributed by atoms with E-state index in [-0.39, 0.29) is 18.6 Å². The van der Waals surface area contributed by atoms with E-state index in [0.717, 1.165) is 19.4 Å². The summed E-state index contributed by atoms with van der Waals surface area (Å²) in [4.78, 5) is 26.7. The van der Waals surface area contributed by atoms with E-state index in [9.17, 15) is 9.59 Å². The minimum absolute atomic E-state index is 0.0739. The molecule has 0 aliphatic carbocycles. The Morgan fingerprint density at radius 1 is 1.45 bits per heavy atom. The highest BCUT2D eigenvalue weighted by molar-refractivity contribution is 5.80. The number of carbonyl (C=O) groups is 2. The highest BCUT2D eigenvalue weighted by Crippen LogP contribution is 2.14. The number of piperidine rings is 1. The zero-order valence-electron chi connectivity index (χ0n) is 12.8. The van der Waals surface area contributed by atoms with E-state index in [1.807, 2.05) is 13.8 Å². The van der Waals surface area contributed by atoms with Crippen LogP contribution in [0.2, 0.25) is 0 Å². The summed E-state index contributed by atoms with van der Waals surface area (Å²) in [6.45, 7) is 5.21. The molecule has 0 aromatic carbocycles. The fourth-order valence-corrected chi connectivity index (χ4v) is 2.50. The minimum Gasteiger partial charge on any atom is -0.480 e. The molecule has 2 N–H and O–H groups in total. The molecule has 0 radical (unpaired) electrons. The Kier molecular flexibility index (Phi) is 6.78. The van der Waals surface area contributed by atoms with Crippen molar-refractivity contribution in [2.45, 2.75) is 51.6 Å². The summed E-state index contributed by atoms with van der Waals surface area (Å²) < 4.78 is 0. The summed E-state index contributed by atoms with van der Waals surface area (Å²) in [7, 11) is 2.07. The van der Waals surface area contributed by atoms with Crippen LogP contribution in [0.1, 0.15) is 39.5 Å². The first-order valence-electron chi connectivity index (χ1n) is 7.42. The number of carbonyl (C=O) groups excluding carboxylic acids is 1. The van der Waals surface area contributed by atoms with Gasteiger partial charge in [-0.15, -0.1) is 0 Å². The molecule has 1 aliphatic rings. The zero-order chi connectivity index (χ0) is 15.1. The maximum atomic E-state index is 12.2. The van der Waals surface area contributed by atoms with Crippen molar-refractivity contribution in [3.05, 3.63) is 0 Å². The van der Waals surface area contributed by atoms with Crippen molar-refractivity contribution in [1.29, 1.82) is 0 Å². The first-order valence-corrected chi connectivity index (χ1v) is 7.42. The van der Waals surface area contributed by atoms with Gasteiger partial charge in [0.2, 0.25) is 0 Å². The second-order valence-corrected chi connectivity index (χ2v) is 5.60. The third kappa shape index (κ3) is 5.00. The predicted octanol–water partition coefficient (Wildman–Crippen LogP) is 1.37. The molecule has 0 aromatic rings. The van der Waals surface area contributed by atoms with E-state index < -0.39 is 5.97 Å². The third-order valence-electron chi connectivity index (χ3n) is 4.10. The van der Waals surface area contributed by atoms with Gasteiger partial charge >= 0.3 is 12.0 Å². The third-order valence-corrected chi connectivity index (χ3v) is 4.10. The van der Waals surface area contributed by atoms with Crippen molar-refractivity contribution in [2.75, 3.05) is 26.7 Å². The Labute approximate surface area is 121 Å². The molecule has 2 atom stereocenters. The van der Waals surface area contributed by atoms with Crippen molar-refractivity contribution in [1.82, 2.24) is 15.1 Å². The number of carboxylic acid groups (broad SMARTS) is 1. The summed E-state index contributed by atoms with van der Waals surface area (Å²) >= 11 is 0. The van der Waals surface area contributed by atoms with Crippen LogP contribution in [0, 0.1) is 0 Å². The van der Waals surface area contributed by atoms with Gasteiger partial charge in [0.25, 0.3) is 0 Å². The smallest absolute Gasteiger partial charge is 0.323 e. The average molecular weight is 285 g/mol. The highest BCUT2D eigenvalue weighted by atomic mass is 16.4. The lowest BCUT2D eigenvalue weighted by molar-refractivity contribution is -0.138. The number of aliphatic carboxylic acids is 1. The Morgan fingerprint density at radius 3 is 2.70 bits per heavy atom. The molecule has 20 heavy (non-hydrogen) atoms. The first-order chi connectivity index (χ1) is 9.45. The summed E-state index contributed by atoms with van der Waals surface area (Å²) in [5.74, 6) is -0.977. The highest BCUT2D eigenvalue weighted by Gasteiger charge is 2.24. The molecule has 1 heterocycles. The molecule has 0 saturated carbocycles. The number of rotatable bonds is 6. The number of nitrogens with zero attached hydrogens (tertiary/aromatic N) is 2. The minimum atomic E-state index is -0.977. The Balaban J connectivity index is 2.50. The molecule has 6 nitrogen and oxygen atoms in total. The van der Waals surface area contributed by atoms with Gasteiger partial charge in [-0.05, 0) is 39.8 Å². The Hall–Kier alpha value is -1.30. The summed E-state index contributed by atoms with van der Waals surface area (Å²) in [5, 5.41) is 11.8. The van der Waals surface area contributed by atoms with Crippen LogP contribution in [0.4, 0.5) is 4.79 Å². The molecule has 1 aliphatic heterocycles. The maximum Gasteiger partial charge on any atom is 0.323 e. The van der Waals surface area contributed by atoms with E-state index in [4.69, 9.17) is 5.11 Å². The number of nitrogens with one attached hydrogen (secondary N) is 1. The van der Waals surface area contributed by atoms with Crippen LogP contribution < -0.4 is 5.32 Å². The Morgan fingerprint density at radius 2 is 2.15 bits per heavy atom. The second kappa shape index (κ2) is 8.09. The lowest BCUT2D eigenvalue weighted by Gasteiger charge is -2.34. The maximum absolute atomic E-state index is 12.2. The lowest BCUT2D eigenvalue weighted by atomic mass is 10.0. The number of likely N-dealkylation sites (N-methyl/N-ethyl adjacent to an activating group) is 1. The van der Waals surface area contributed by atoms with Crippen LogP contribution in [-0.2, 0) is 4.79 Å². The van der Waals surface area contributed by atoms with Crippen LogP contribution >= 0.6 is 0 Å². The fraction of sp³-hybridized carbons (Fsp3) is 0.857. The van der Waals surface area contributed by atoms with Gasteiger partial charge in [-0.2, -0.15) is 0 Å². The van der Waals surface area contributed by atoms with E-state index >= 15 is 0 Å². The number of hydrogen-bond donors (Lipinski definition) is 2. The molecule has 6 heteroatoms. The Bertz CT molecular complexity index is 336. The lowest BCUT2D eigenvalue weighted by Crippen LogP contribution is -2.51. The van der Waals surface area contributed by atoms with Gasteiger partial charge in [-0.1, -0.05) is 13.3 Å². The van der Waals surface area contributed by atoms with Crippen LogP contribution in [-0.4, -0.2) is 65.7 Å². The van der Waals surface area contributed by atoms with Gasteiger partial charge < -0.3 is 20.2 Å². The number of likely N-dealkylation sites (tertiary alicyclic amines) is 1. The molecule has 0 spiro atoms. The molecular formula is C14H27N3O3. The van der Waals surface area contributed by atoms with Gasteiger partial charge in [0.05, 0.1) is 0 Å². The van der Waals surface area contributed by atoms with Crippen molar-refractivity contribution in [2.24, 2.45) is 0 Å². The molecular weight excluding hydrogens is 258 g/mol. The van der Waals surface area contributed by atoms with Crippen molar-refractivity contribution in [3.63, 3.8) is 0 Å². The topological polar surface area (TPSA) is 72.9 Å². The number of urea groups is 1. The zero-order valence-corrected chi connectivity index (χ0v) is 12.8. The molecule has 1 fully saturated rings. The first kappa shape index (κ1) is 16.8. The molecule has 116 valence electrons. The van der Waals surface area contributed by atoms with Crippen molar-refractivity contribution < 1.29 is 14.7 Å². The number of carboxylic acids is 1. The van der Waals surface area contributed by atoms with E-state index in [0.29, 0.717) is 12.6 Å². The molecule has 0 bridgehead atoms. The van der Waals surface area contributed by atoms with E-state index in [1.54, 1.807) is 0 Å². The van der Waals surface area contributed by atoms with E-state index in [1.165, 1.54) is 17.7 Å². The second-order valence-electron chi connectivity index (χ2n) is 5.60. The van der Waals surface area contributed by atoms with Gasteiger partial charge in [0.1, 0.15) is 6.54 Å². The van der Waals surface area contributed by atoms with Crippen molar-refractivity contribution >= 4 is 12.0 Å². The monoisotopic (exact) mass is 285 g/mol. The quantitative estimate of drug-likeness (QED) is 0.773. The number of hydrogen-bond acceptors (Lipinski definition) is 3. The number of amides is 2. The van der Waals surface area contributed by atoms with Gasteiger partial charge in [0, 0.05) is 18.6 Å². The summed E-state index contributed by atoms with van der Waals surface area (Å²) in [5.41, 5.74) is 0. The summed E-state index contributed by atoms with van der Waals surface area (Å²) in [6, 6.07) is 0.00668. The SMILES string of the molecule is CCC(C)N(CC(=O)O)C(=O)NCC1CCCCN1C.